The number of carbonyl (C=O) groups excluding carboxylic acids is 1. The van der Waals surface area contributed by atoms with E-state index < -0.39 is 0 Å². The number of benzene rings is 3. The van der Waals surface area contributed by atoms with Gasteiger partial charge < -0.3 is 10.2 Å². The highest BCUT2D eigenvalue weighted by atomic mass is 16.2. The Kier molecular flexibility index (Phi) is 9.08. The van der Waals surface area contributed by atoms with Gasteiger partial charge in [-0.05, 0) is 84.6 Å². The van der Waals surface area contributed by atoms with Gasteiger partial charge in [0.05, 0.1) is 0 Å². The van der Waals surface area contributed by atoms with Crippen LogP contribution >= 0.6 is 0 Å². The number of urea groups is 1. The number of hydrogen-bond acceptors (Lipinski definition) is 1. The molecule has 3 aromatic carbocycles. The summed E-state index contributed by atoms with van der Waals surface area (Å²) in [7, 11) is 0. The zero-order valence-corrected chi connectivity index (χ0v) is 23.3. The lowest BCUT2D eigenvalue weighted by molar-refractivity contribution is 0.163. The Morgan fingerprint density at radius 2 is 1.41 bits per heavy atom. The first kappa shape index (κ1) is 27.0. The summed E-state index contributed by atoms with van der Waals surface area (Å²) in [6.45, 7) is 11.7. The van der Waals surface area contributed by atoms with Crippen molar-refractivity contribution in [3.8, 4) is 0 Å². The largest absolute Gasteiger partial charge is 0.322 e. The van der Waals surface area contributed by atoms with Crippen LogP contribution in [-0.4, -0.2) is 23.5 Å². The fourth-order valence-corrected chi connectivity index (χ4v) is 5.90. The molecule has 1 saturated carbocycles. The van der Waals surface area contributed by atoms with E-state index in [0.29, 0.717) is 17.8 Å². The first-order chi connectivity index (χ1) is 17.8. The summed E-state index contributed by atoms with van der Waals surface area (Å²) in [5, 5.41) is 3.42. The van der Waals surface area contributed by atoms with Crippen LogP contribution in [0.4, 0.5) is 10.5 Å². The first-order valence-electron chi connectivity index (χ1n) is 14.1. The van der Waals surface area contributed by atoms with Gasteiger partial charge in [0.25, 0.3) is 0 Å². The molecule has 2 amide bonds. The van der Waals surface area contributed by atoms with Gasteiger partial charge in [0, 0.05) is 18.3 Å². The lowest BCUT2D eigenvalue weighted by Gasteiger charge is -2.37. The Morgan fingerprint density at radius 1 is 0.811 bits per heavy atom. The van der Waals surface area contributed by atoms with Crippen LogP contribution in [0.25, 0.3) is 0 Å². The number of para-hydroxylation sites is 1. The van der Waals surface area contributed by atoms with Gasteiger partial charge in [-0.1, -0.05) is 100 Å². The van der Waals surface area contributed by atoms with E-state index in [4.69, 9.17) is 0 Å². The topological polar surface area (TPSA) is 32.3 Å². The molecular weight excluding hydrogens is 452 g/mol. The van der Waals surface area contributed by atoms with E-state index in [1.807, 2.05) is 0 Å². The fraction of sp³-hybridized carbons (Fsp3) is 0.441. The van der Waals surface area contributed by atoms with E-state index in [2.05, 4.69) is 118 Å². The summed E-state index contributed by atoms with van der Waals surface area (Å²) in [6, 6.07) is 26.2. The minimum atomic E-state index is 0.0479. The van der Waals surface area contributed by atoms with E-state index in [1.165, 1.54) is 27.8 Å². The van der Waals surface area contributed by atoms with Crippen molar-refractivity contribution in [2.45, 2.75) is 90.5 Å². The first-order valence-corrected chi connectivity index (χ1v) is 14.1. The second-order valence-electron chi connectivity index (χ2n) is 11.3. The van der Waals surface area contributed by atoms with Crippen LogP contribution < -0.4 is 5.32 Å². The zero-order valence-electron chi connectivity index (χ0n) is 23.3. The Morgan fingerprint density at radius 3 is 2.00 bits per heavy atom. The molecule has 0 radical (unpaired) electrons. The van der Waals surface area contributed by atoms with Crippen molar-refractivity contribution in [2.75, 3.05) is 11.9 Å². The van der Waals surface area contributed by atoms with E-state index in [9.17, 15) is 4.79 Å². The number of anilines is 1. The fourth-order valence-electron chi connectivity index (χ4n) is 5.90. The van der Waals surface area contributed by atoms with Gasteiger partial charge in [-0.15, -0.1) is 0 Å². The summed E-state index contributed by atoms with van der Waals surface area (Å²) >= 11 is 0. The number of nitrogens with one attached hydrogen (secondary N) is 1. The van der Waals surface area contributed by atoms with Gasteiger partial charge in [0.15, 0.2) is 0 Å². The smallest absolute Gasteiger partial charge is 0.321 e. The molecule has 0 unspecified atom stereocenters. The number of hydrogen-bond donors (Lipinski definition) is 1. The Bertz CT molecular complexity index is 1130. The van der Waals surface area contributed by atoms with Crippen LogP contribution in [0.15, 0.2) is 72.8 Å². The molecule has 0 saturated heterocycles. The minimum absolute atomic E-state index is 0.0479. The number of amides is 2. The molecule has 0 atom stereocenters. The van der Waals surface area contributed by atoms with Crippen LogP contribution in [0, 0.1) is 6.92 Å². The predicted octanol–water partition coefficient (Wildman–Crippen LogP) is 9.04. The van der Waals surface area contributed by atoms with Gasteiger partial charge in [-0.3, -0.25) is 0 Å². The average molecular weight is 497 g/mol. The van der Waals surface area contributed by atoms with Crippen molar-refractivity contribution >= 4 is 11.7 Å². The quantitative estimate of drug-likeness (QED) is 0.331. The zero-order chi connectivity index (χ0) is 26.4. The van der Waals surface area contributed by atoms with Crippen LogP contribution in [-0.2, 0) is 6.42 Å². The molecule has 4 rings (SSSR count). The molecule has 1 N–H and O–H groups in total. The molecule has 1 aliphatic carbocycles. The normalized spacial score (nSPS) is 17.7. The SMILES string of the molecule is Cc1ccccc1CCN(C(=O)Nc1c(C(C)C)cccc1C(C)C)[C@H]1CC[C@H](c2ccccc2)CC1. The van der Waals surface area contributed by atoms with E-state index in [1.54, 1.807) is 0 Å². The number of nitrogens with zero attached hydrogens (tertiary/aromatic N) is 1. The lowest BCUT2D eigenvalue weighted by Crippen LogP contribution is -2.45. The van der Waals surface area contributed by atoms with E-state index >= 15 is 0 Å². The number of rotatable bonds is 8. The molecule has 0 aliphatic heterocycles. The standard InChI is InChI=1S/C34H44N2O/c1-24(2)31-16-11-17-32(25(3)4)33(31)35-34(37)36(23-22-27-13-10-9-12-26(27)5)30-20-18-29(19-21-30)28-14-7-6-8-15-28/h6-17,24-25,29-30H,18-23H2,1-5H3,(H,35,37)/t29-,30-. The highest BCUT2D eigenvalue weighted by Gasteiger charge is 2.30. The summed E-state index contributed by atoms with van der Waals surface area (Å²) in [5.74, 6) is 1.28. The molecule has 3 nitrogen and oxygen atoms in total. The van der Waals surface area contributed by atoms with Gasteiger partial charge in [0.2, 0.25) is 0 Å². The lowest BCUT2D eigenvalue weighted by atomic mass is 9.81. The van der Waals surface area contributed by atoms with Gasteiger partial charge in [-0.25, -0.2) is 4.79 Å². The highest BCUT2D eigenvalue weighted by molar-refractivity contribution is 5.91. The number of carbonyl (C=O) groups is 1. The molecule has 0 bridgehead atoms. The molecule has 0 heterocycles. The molecule has 196 valence electrons. The third kappa shape index (κ3) is 6.63. The molecule has 0 aromatic heterocycles. The minimum Gasteiger partial charge on any atom is -0.321 e. The molecule has 3 heteroatoms. The number of aryl methyl sites for hydroxylation is 1. The van der Waals surface area contributed by atoms with E-state index in [0.717, 1.165) is 44.3 Å². The average Bonchev–Trinajstić information content (AvgIpc) is 2.90. The third-order valence-corrected chi connectivity index (χ3v) is 8.16. The van der Waals surface area contributed by atoms with Crippen molar-refractivity contribution in [3.63, 3.8) is 0 Å². The summed E-state index contributed by atoms with van der Waals surface area (Å²) in [5.41, 5.74) is 7.49. The maximum Gasteiger partial charge on any atom is 0.322 e. The Balaban J connectivity index is 1.56. The highest BCUT2D eigenvalue weighted by Crippen LogP contribution is 2.36. The predicted molar refractivity (Wildman–Crippen MR) is 157 cm³/mol. The maximum atomic E-state index is 14.0. The van der Waals surface area contributed by atoms with Crippen molar-refractivity contribution in [1.82, 2.24) is 4.90 Å². The van der Waals surface area contributed by atoms with Crippen LogP contribution in [0.1, 0.15) is 98.9 Å². The maximum absolute atomic E-state index is 14.0. The van der Waals surface area contributed by atoms with Crippen molar-refractivity contribution in [3.05, 3.63) is 101 Å². The van der Waals surface area contributed by atoms with Crippen molar-refractivity contribution in [2.24, 2.45) is 0 Å². The molecular formula is C34H44N2O. The van der Waals surface area contributed by atoms with E-state index in [-0.39, 0.29) is 12.1 Å². The second-order valence-corrected chi connectivity index (χ2v) is 11.3. The van der Waals surface area contributed by atoms with Crippen molar-refractivity contribution < 1.29 is 4.79 Å². The van der Waals surface area contributed by atoms with Crippen LogP contribution in [0.5, 0.6) is 0 Å². The van der Waals surface area contributed by atoms with Crippen LogP contribution in [0.2, 0.25) is 0 Å². The van der Waals surface area contributed by atoms with Gasteiger partial charge >= 0.3 is 6.03 Å². The third-order valence-electron chi connectivity index (χ3n) is 8.16. The van der Waals surface area contributed by atoms with Crippen molar-refractivity contribution in [1.29, 1.82) is 0 Å². The van der Waals surface area contributed by atoms with Crippen LogP contribution in [0.3, 0.4) is 0 Å². The molecule has 0 spiro atoms. The van der Waals surface area contributed by atoms with Gasteiger partial charge in [-0.2, -0.15) is 0 Å². The summed E-state index contributed by atoms with van der Waals surface area (Å²) in [6.07, 6.45) is 5.22. The monoisotopic (exact) mass is 496 g/mol. The Hall–Kier alpha value is -3.07. The second kappa shape index (κ2) is 12.4. The Labute approximate surface area is 224 Å². The molecule has 1 fully saturated rings. The molecule has 1 aliphatic rings. The molecule has 3 aromatic rings. The van der Waals surface area contributed by atoms with Gasteiger partial charge in [0.1, 0.15) is 0 Å². The summed E-state index contributed by atoms with van der Waals surface area (Å²) in [4.78, 5) is 16.2. The summed E-state index contributed by atoms with van der Waals surface area (Å²) < 4.78 is 0. The molecule has 37 heavy (non-hydrogen) atoms.